The number of hydrogen-bond acceptors (Lipinski definition) is 8. The van der Waals surface area contributed by atoms with E-state index in [9.17, 15) is 24.5 Å². The molecule has 0 heterocycles. The Kier molecular flexibility index (Phi) is 7.70. The molecule has 160 valence electrons. The van der Waals surface area contributed by atoms with E-state index in [0.29, 0.717) is 0 Å². The van der Waals surface area contributed by atoms with Gasteiger partial charge >= 0.3 is 18.0 Å². The lowest BCUT2D eigenvalue weighted by Crippen LogP contribution is -2.46. The van der Waals surface area contributed by atoms with E-state index in [1.165, 1.54) is 12.1 Å². The summed E-state index contributed by atoms with van der Waals surface area (Å²) >= 11 is 0. The zero-order valence-corrected chi connectivity index (χ0v) is 17.3. The van der Waals surface area contributed by atoms with Gasteiger partial charge in [-0.15, -0.1) is 0 Å². The molecule has 0 aromatic heterocycles. The zero-order valence-electron chi connectivity index (χ0n) is 17.3. The molecule has 10 heteroatoms. The number of rotatable bonds is 6. The molecular formula is C19H26N2O8. The average molecular weight is 410 g/mol. The summed E-state index contributed by atoms with van der Waals surface area (Å²) in [5, 5.41) is 13.0. The molecule has 1 rings (SSSR count). The normalized spacial score (nSPS) is 12.5. The number of nitro benzene ring substituents is 1. The highest BCUT2D eigenvalue weighted by molar-refractivity contribution is 5.87. The van der Waals surface area contributed by atoms with Gasteiger partial charge in [-0.05, 0) is 53.7 Å². The van der Waals surface area contributed by atoms with Crippen LogP contribution in [0.25, 0.3) is 0 Å². The predicted molar refractivity (Wildman–Crippen MR) is 102 cm³/mol. The van der Waals surface area contributed by atoms with Crippen molar-refractivity contribution in [2.75, 3.05) is 0 Å². The summed E-state index contributed by atoms with van der Waals surface area (Å²) in [5.74, 6) is -1.66. The summed E-state index contributed by atoms with van der Waals surface area (Å²) in [4.78, 5) is 46.8. The summed E-state index contributed by atoms with van der Waals surface area (Å²) in [5.41, 5.74) is -1.78. The number of alkyl carbamates (subject to hydrolysis) is 1. The van der Waals surface area contributed by atoms with E-state index in [-0.39, 0.29) is 11.4 Å². The number of benzene rings is 1. The van der Waals surface area contributed by atoms with Crippen molar-refractivity contribution >= 4 is 23.7 Å². The van der Waals surface area contributed by atoms with Crippen molar-refractivity contribution < 1.29 is 33.5 Å². The molecule has 0 saturated carbocycles. The fourth-order valence-corrected chi connectivity index (χ4v) is 2.02. The van der Waals surface area contributed by atoms with Crippen LogP contribution in [0.3, 0.4) is 0 Å². The molecule has 0 spiro atoms. The number of carbonyl (C=O) groups excluding carboxylic acids is 3. The van der Waals surface area contributed by atoms with Crippen LogP contribution in [0.2, 0.25) is 0 Å². The van der Waals surface area contributed by atoms with Gasteiger partial charge in [0, 0.05) is 12.1 Å². The number of amides is 1. The number of nitrogens with zero attached hydrogens (tertiary/aromatic N) is 1. The Morgan fingerprint density at radius 1 is 1.00 bits per heavy atom. The van der Waals surface area contributed by atoms with Gasteiger partial charge in [-0.25, -0.2) is 9.59 Å². The standard InChI is InChI=1S/C19H26N2O8/c1-18(2,3)28-15(22)11-14(20-17(24)29-19(4,5)6)16(23)27-13-9-7-12(8-10-13)21(25)26/h7-10,14H,11H2,1-6H3,(H,20,24)/t14-/m1/s1. The summed E-state index contributed by atoms with van der Waals surface area (Å²) in [6.45, 7) is 9.92. The monoisotopic (exact) mass is 410 g/mol. The number of ether oxygens (including phenoxy) is 3. The Balaban J connectivity index is 2.92. The zero-order chi connectivity index (χ0) is 22.4. The summed E-state index contributed by atoms with van der Waals surface area (Å²) in [6, 6.07) is 3.40. The molecule has 0 saturated heterocycles. The van der Waals surface area contributed by atoms with Crippen LogP contribution in [0.1, 0.15) is 48.0 Å². The molecule has 1 aromatic rings. The van der Waals surface area contributed by atoms with Crippen molar-refractivity contribution in [3.8, 4) is 5.75 Å². The maximum atomic E-state index is 12.5. The van der Waals surface area contributed by atoms with Crippen LogP contribution in [0.4, 0.5) is 10.5 Å². The molecule has 0 bridgehead atoms. The van der Waals surface area contributed by atoms with E-state index in [2.05, 4.69) is 5.32 Å². The lowest BCUT2D eigenvalue weighted by molar-refractivity contribution is -0.384. The van der Waals surface area contributed by atoms with Gasteiger partial charge in [0.05, 0.1) is 11.3 Å². The van der Waals surface area contributed by atoms with E-state index in [1.54, 1.807) is 41.5 Å². The maximum Gasteiger partial charge on any atom is 0.408 e. The van der Waals surface area contributed by atoms with E-state index in [4.69, 9.17) is 14.2 Å². The van der Waals surface area contributed by atoms with Gasteiger partial charge in [0.1, 0.15) is 23.0 Å². The number of nitrogens with one attached hydrogen (secondary N) is 1. The van der Waals surface area contributed by atoms with Crippen LogP contribution < -0.4 is 10.1 Å². The van der Waals surface area contributed by atoms with Crippen LogP contribution >= 0.6 is 0 Å². The van der Waals surface area contributed by atoms with Gasteiger partial charge in [-0.1, -0.05) is 0 Å². The molecule has 1 aromatic carbocycles. The molecule has 0 aliphatic carbocycles. The van der Waals surface area contributed by atoms with E-state index < -0.39 is 46.6 Å². The van der Waals surface area contributed by atoms with Crippen LogP contribution in [0, 0.1) is 10.1 Å². The van der Waals surface area contributed by atoms with Gasteiger partial charge in [0.15, 0.2) is 0 Å². The second-order valence-electron chi connectivity index (χ2n) is 8.16. The molecule has 0 aliphatic heterocycles. The Morgan fingerprint density at radius 3 is 1.97 bits per heavy atom. The van der Waals surface area contributed by atoms with Crippen molar-refractivity contribution in [1.82, 2.24) is 5.32 Å². The number of nitro groups is 1. The topological polar surface area (TPSA) is 134 Å². The first-order chi connectivity index (χ1) is 13.2. The van der Waals surface area contributed by atoms with E-state index in [1.807, 2.05) is 0 Å². The third-order valence-corrected chi connectivity index (χ3v) is 3.03. The fourth-order valence-electron chi connectivity index (χ4n) is 2.02. The molecule has 29 heavy (non-hydrogen) atoms. The average Bonchev–Trinajstić information content (AvgIpc) is 2.51. The molecule has 1 N–H and O–H groups in total. The van der Waals surface area contributed by atoms with Crippen molar-refractivity contribution in [3.63, 3.8) is 0 Å². The molecule has 0 aliphatic rings. The smallest absolute Gasteiger partial charge is 0.408 e. The third kappa shape index (κ3) is 9.54. The molecule has 0 unspecified atom stereocenters. The first-order valence-electron chi connectivity index (χ1n) is 8.84. The minimum atomic E-state index is -1.38. The molecule has 1 amide bonds. The molecule has 0 radical (unpaired) electrons. The van der Waals surface area contributed by atoms with Crippen LogP contribution in [-0.4, -0.2) is 40.2 Å². The highest BCUT2D eigenvalue weighted by atomic mass is 16.6. The highest BCUT2D eigenvalue weighted by Gasteiger charge is 2.30. The Morgan fingerprint density at radius 2 is 1.52 bits per heavy atom. The summed E-state index contributed by atoms with van der Waals surface area (Å²) < 4.78 is 15.4. The lowest BCUT2D eigenvalue weighted by Gasteiger charge is -2.24. The van der Waals surface area contributed by atoms with Gasteiger partial charge in [-0.3, -0.25) is 14.9 Å². The molecular weight excluding hydrogens is 384 g/mol. The number of carbonyl (C=O) groups is 3. The Hall–Kier alpha value is -3.17. The lowest BCUT2D eigenvalue weighted by atomic mass is 10.1. The van der Waals surface area contributed by atoms with Gasteiger partial charge in [0.25, 0.3) is 5.69 Å². The van der Waals surface area contributed by atoms with E-state index in [0.717, 1.165) is 12.1 Å². The quantitative estimate of drug-likeness (QED) is 0.327. The fraction of sp³-hybridized carbons (Fsp3) is 0.526. The van der Waals surface area contributed by atoms with Crippen molar-refractivity contribution in [2.24, 2.45) is 0 Å². The SMILES string of the molecule is CC(C)(C)OC(=O)C[C@@H](NC(=O)OC(C)(C)C)C(=O)Oc1ccc([N+](=O)[O-])cc1. The van der Waals surface area contributed by atoms with Crippen LogP contribution in [0.5, 0.6) is 5.75 Å². The minimum Gasteiger partial charge on any atom is -0.460 e. The number of non-ortho nitro benzene ring substituents is 1. The molecule has 1 atom stereocenters. The first kappa shape index (κ1) is 23.9. The second-order valence-corrected chi connectivity index (χ2v) is 8.16. The Bertz CT molecular complexity index is 730. The number of hydrogen-bond donors (Lipinski definition) is 1. The van der Waals surface area contributed by atoms with Crippen molar-refractivity contribution in [1.29, 1.82) is 0 Å². The molecule has 0 fully saturated rings. The van der Waals surface area contributed by atoms with Crippen molar-refractivity contribution in [3.05, 3.63) is 34.4 Å². The third-order valence-electron chi connectivity index (χ3n) is 3.03. The Labute approximate surface area is 168 Å². The summed E-state index contributed by atoms with van der Waals surface area (Å²) in [6.07, 6.45) is -1.39. The van der Waals surface area contributed by atoms with Gasteiger partial charge in [-0.2, -0.15) is 0 Å². The predicted octanol–water partition coefficient (Wildman–Crippen LogP) is 3.13. The summed E-state index contributed by atoms with van der Waals surface area (Å²) in [7, 11) is 0. The van der Waals surface area contributed by atoms with E-state index >= 15 is 0 Å². The van der Waals surface area contributed by atoms with Crippen LogP contribution in [0.15, 0.2) is 24.3 Å². The van der Waals surface area contributed by atoms with Crippen molar-refractivity contribution in [2.45, 2.75) is 65.2 Å². The van der Waals surface area contributed by atoms with Crippen LogP contribution in [-0.2, 0) is 19.1 Å². The maximum absolute atomic E-state index is 12.5. The minimum absolute atomic E-state index is 0.0146. The molecule has 10 nitrogen and oxygen atoms in total. The second kappa shape index (κ2) is 9.35. The number of esters is 2. The highest BCUT2D eigenvalue weighted by Crippen LogP contribution is 2.18. The van der Waals surface area contributed by atoms with Gasteiger partial charge < -0.3 is 19.5 Å². The van der Waals surface area contributed by atoms with Gasteiger partial charge in [0.2, 0.25) is 0 Å². The first-order valence-corrected chi connectivity index (χ1v) is 8.84. The largest absolute Gasteiger partial charge is 0.460 e.